The molecule has 1 aromatic rings. The van der Waals surface area contributed by atoms with Crippen LogP contribution in [0.4, 0.5) is 4.79 Å². The zero-order chi connectivity index (χ0) is 21.6. The fourth-order valence-electron chi connectivity index (χ4n) is 3.79. The second-order valence-corrected chi connectivity index (χ2v) is 10.9. The molecule has 3 aliphatic heterocycles. The Labute approximate surface area is 197 Å². The number of para-hydroxylation sites is 1. The first-order valence-electron chi connectivity index (χ1n) is 9.09. The monoisotopic (exact) mass is 499 g/mol. The second-order valence-electron chi connectivity index (χ2n) is 6.94. The van der Waals surface area contributed by atoms with Crippen LogP contribution in [0, 0.1) is 0 Å². The van der Waals surface area contributed by atoms with Crippen LogP contribution in [-0.4, -0.2) is 82.2 Å². The Morgan fingerprint density at radius 2 is 1.47 bits per heavy atom. The molecule has 0 aliphatic carbocycles. The van der Waals surface area contributed by atoms with Gasteiger partial charge in [0, 0.05) is 37.7 Å². The van der Waals surface area contributed by atoms with E-state index in [0.717, 1.165) is 0 Å². The number of phenols is 1. The van der Waals surface area contributed by atoms with Crippen molar-refractivity contribution in [3.8, 4) is 5.75 Å². The summed E-state index contributed by atoms with van der Waals surface area (Å²) in [7, 11) is 0. The van der Waals surface area contributed by atoms with Gasteiger partial charge in [0.25, 0.3) is 5.24 Å². The van der Waals surface area contributed by atoms with Crippen molar-refractivity contribution in [2.24, 2.45) is 0 Å². The smallest absolute Gasteiger partial charge is 0.278 e. The summed E-state index contributed by atoms with van der Waals surface area (Å²) in [5.41, 5.74) is 0.521. The predicted molar refractivity (Wildman–Crippen MR) is 128 cm³/mol. The highest BCUT2D eigenvalue weighted by Crippen LogP contribution is 2.48. The quantitative estimate of drug-likeness (QED) is 0.450. The van der Waals surface area contributed by atoms with Crippen molar-refractivity contribution >= 4 is 86.3 Å². The molecule has 1 aromatic carbocycles. The fraction of sp³-hybridized carbons (Fsp3) is 0.389. The van der Waals surface area contributed by atoms with Crippen LogP contribution in [0.5, 0.6) is 5.75 Å². The number of nitrogens with zero attached hydrogens (tertiary/aromatic N) is 3. The highest BCUT2D eigenvalue weighted by atomic mass is 32.2. The van der Waals surface area contributed by atoms with E-state index in [1.165, 1.54) is 38.2 Å². The minimum absolute atomic E-state index is 0.0250. The van der Waals surface area contributed by atoms with E-state index >= 15 is 0 Å². The number of fused-ring (bicyclic) bond motifs is 4. The zero-order valence-electron chi connectivity index (χ0n) is 15.5. The molecule has 3 heterocycles. The van der Waals surface area contributed by atoms with Gasteiger partial charge in [0.05, 0.1) is 10.5 Å². The summed E-state index contributed by atoms with van der Waals surface area (Å²) >= 11 is 17.2. The lowest BCUT2D eigenvalue weighted by molar-refractivity contribution is -0.128. The van der Waals surface area contributed by atoms with Gasteiger partial charge in [0.1, 0.15) is 14.4 Å². The number of hydrogen-bond acceptors (Lipinski definition) is 8. The van der Waals surface area contributed by atoms with Crippen LogP contribution < -0.4 is 0 Å². The topological polar surface area (TPSA) is 81.2 Å². The van der Waals surface area contributed by atoms with Crippen molar-refractivity contribution in [2.75, 3.05) is 26.2 Å². The molecule has 0 aromatic heterocycles. The number of aromatic hydroxyl groups is 1. The van der Waals surface area contributed by atoms with Crippen molar-refractivity contribution in [3.05, 3.63) is 29.8 Å². The normalized spacial score (nSPS) is 27.4. The van der Waals surface area contributed by atoms with Crippen molar-refractivity contribution in [3.63, 3.8) is 0 Å². The minimum Gasteiger partial charge on any atom is -0.508 e. The van der Waals surface area contributed by atoms with Crippen LogP contribution in [0.15, 0.2) is 24.3 Å². The van der Waals surface area contributed by atoms with Crippen LogP contribution in [0.2, 0.25) is 0 Å². The van der Waals surface area contributed by atoms with Crippen LogP contribution in [0.1, 0.15) is 11.5 Å². The van der Waals surface area contributed by atoms with Gasteiger partial charge in [-0.3, -0.25) is 24.2 Å². The lowest BCUT2D eigenvalue weighted by atomic mass is 9.89. The van der Waals surface area contributed by atoms with Gasteiger partial charge in [-0.1, -0.05) is 78.8 Å². The van der Waals surface area contributed by atoms with Gasteiger partial charge in [-0.15, -0.1) is 0 Å². The Morgan fingerprint density at radius 1 is 0.967 bits per heavy atom. The number of thioether (sulfide) groups is 2. The molecule has 3 amide bonds. The maximum absolute atomic E-state index is 13.3. The number of thiol groups is 1. The van der Waals surface area contributed by atoms with Gasteiger partial charge in [-0.05, 0) is 6.07 Å². The molecule has 7 nitrogen and oxygen atoms in total. The summed E-state index contributed by atoms with van der Waals surface area (Å²) < 4.78 is 0.789. The molecule has 3 saturated heterocycles. The molecular weight excluding hydrogens is 483 g/mol. The van der Waals surface area contributed by atoms with Gasteiger partial charge < -0.3 is 10.0 Å². The molecular formula is C18H17N3O4S5. The number of benzene rings is 1. The second kappa shape index (κ2) is 8.65. The van der Waals surface area contributed by atoms with Crippen molar-refractivity contribution < 1.29 is 19.5 Å². The molecule has 3 fully saturated rings. The number of carbonyl (C=O) groups is 3. The molecule has 4 rings (SSSR count). The Morgan fingerprint density at radius 3 is 1.93 bits per heavy atom. The number of carbonyl (C=O) groups excluding carboxylic acids is 3. The molecule has 3 aliphatic rings. The van der Waals surface area contributed by atoms with Gasteiger partial charge in [0.15, 0.2) is 0 Å². The third-order valence-corrected chi connectivity index (χ3v) is 8.96. The largest absolute Gasteiger partial charge is 0.508 e. The molecule has 2 unspecified atom stereocenters. The summed E-state index contributed by atoms with van der Waals surface area (Å²) in [5, 5.41) is 8.73. The summed E-state index contributed by atoms with van der Waals surface area (Å²) in [5.74, 6) is -1.04. The first-order valence-corrected chi connectivity index (χ1v) is 12.1. The average Bonchev–Trinajstić information content (AvgIpc) is 3.13. The molecule has 0 spiro atoms. The lowest BCUT2D eigenvalue weighted by Crippen LogP contribution is -2.46. The summed E-state index contributed by atoms with van der Waals surface area (Å²) in [4.78, 5) is 43.0. The Hall–Kier alpha value is -1.34. The van der Waals surface area contributed by atoms with Crippen molar-refractivity contribution in [1.82, 2.24) is 14.7 Å². The molecule has 30 heavy (non-hydrogen) atoms. The van der Waals surface area contributed by atoms with E-state index in [4.69, 9.17) is 24.4 Å². The van der Waals surface area contributed by atoms with E-state index in [0.29, 0.717) is 14.2 Å². The third-order valence-electron chi connectivity index (χ3n) is 5.32. The molecule has 2 atom stereocenters. The Balaban J connectivity index is 1.80. The molecule has 0 radical (unpaired) electrons. The first kappa shape index (κ1) is 21.9. The van der Waals surface area contributed by atoms with E-state index in [-0.39, 0.29) is 43.7 Å². The van der Waals surface area contributed by atoms with Crippen molar-refractivity contribution in [2.45, 2.75) is 16.4 Å². The third kappa shape index (κ3) is 3.83. The first-order chi connectivity index (χ1) is 14.3. The molecule has 158 valence electrons. The van der Waals surface area contributed by atoms with Crippen LogP contribution in [-0.2, 0) is 9.59 Å². The maximum Gasteiger partial charge on any atom is 0.278 e. The van der Waals surface area contributed by atoms with Gasteiger partial charge in [-0.2, -0.15) is 0 Å². The maximum atomic E-state index is 13.3. The number of rotatable bonds is 1. The van der Waals surface area contributed by atoms with Crippen LogP contribution in [0.25, 0.3) is 0 Å². The molecule has 4 bridgehead atoms. The molecule has 0 saturated carbocycles. The van der Waals surface area contributed by atoms with Crippen LogP contribution in [0.3, 0.4) is 0 Å². The lowest BCUT2D eigenvalue weighted by Gasteiger charge is -2.29. The zero-order valence-corrected chi connectivity index (χ0v) is 19.6. The summed E-state index contributed by atoms with van der Waals surface area (Å²) in [6, 6.07) is 6.73. The Kier molecular flexibility index (Phi) is 6.31. The highest BCUT2D eigenvalue weighted by Gasteiger charge is 2.52. The van der Waals surface area contributed by atoms with E-state index in [2.05, 4.69) is 12.6 Å². The summed E-state index contributed by atoms with van der Waals surface area (Å²) in [6.45, 7) is 0.983. The fourth-order valence-corrected chi connectivity index (χ4v) is 7.48. The van der Waals surface area contributed by atoms with E-state index in [9.17, 15) is 19.5 Å². The number of amides is 3. The molecule has 1 N–H and O–H groups in total. The van der Waals surface area contributed by atoms with E-state index in [1.54, 1.807) is 24.3 Å². The van der Waals surface area contributed by atoms with Crippen molar-refractivity contribution in [1.29, 1.82) is 0 Å². The van der Waals surface area contributed by atoms with E-state index < -0.39 is 21.7 Å². The Bertz CT molecular complexity index is 912. The van der Waals surface area contributed by atoms with Gasteiger partial charge >= 0.3 is 0 Å². The average molecular weight is 500 g/mol. The van der Waals surface area contributed by atoms with Gasteiger partial charge in [-0.25, -0.2) is 0 Å². The number of phenolic OH excluding ortho intramolecular Hbond substituents is 1. The minimum atomic E-state index is -0.672. The number of hydrogen-bond donors (Lipinski definition) is 2. The van der Waals surface area contributed by atoms with E-state index in [1.807, 2.05) is 0 Å². The number of thiocarbonyl (C=S) groups is 2. The van der Waals surface area contributed by atoms with Crippen LogP contribution >= 0.6 is 60.6 Å². The standard InChI is InChI=1S/C18H17N3O4S5/c22-10-4-2-1-3-9(10)11-12-14(23)20(17(27)29-12)7-5-19(16(25)26)6-8-21-15(24)13(11)30-18(21)28/h1-4,11-13,22H,5-8H2,(H,25,26). The van der Waals surface area contributed by atoms with Gasteiger partial charge in [0.2, 0.25) is 11.8 Å². The predicted octanol–water partition coefficient (Wildman–Crippen LogP) is 2.30. The molecule has 12 heteroatoms. The highest BCUT2D eigenvalue weighted by molar-refractivity contribution is 8.25. The SMILES string of the molecule is O=C(S)N1CCN2C(=O)C(SC2=S)C(c2ccccc2O)C2SC(=S)N(CC1)C2=O. The summed E-state index contributed by atoms with van der Waals surface area (Å²) in [6.07, 6.45) is 0.